The lowest BCUT2D eigenvalue weighted by Gasteiger charge is -2.24. The zero-order chi connectivity index (χ0) is 15.5. The van der Waals surface area contributed by atoms with E-state index in [0.717, 1.165) is 36.5 Å². The molecule has 1 aliphatic rings. The van der Waals surface area contributed by atoms with Crippen molar-refractivity contribution in [1.82, 2.24) is 14.8 Å². The number of amides is 2. The lowest BCUT2D eigenvalue weighted by Crippen LogP contribution is -2.41. The van der Waals surface area contributed by atoms with Gasteiger partial charge in [-0.2, -0.15) is 0 Å². The van der Waals surface area contributed by atoms with Crippen molar-refractivity contribution in [2.24, 2.45) is 0 Å². The second-order valence-corrected chi connectivity index (χ2v) is 6.42. The first-order valence-electron chi connectivity index (χ1n) is 7.34. The zero-order valence-corrected chi connectivity index (χ0v) is 13.6. The number of hydrogen-bond acceptors (Lipinski definition) is 4. The molecule has 2 heterocycles. The largest absolute Gasteiger partial charge is 0.323 e. The number of rotatable bonds is 3. The molecule has 1 aromatic heterocycles. The number of nitrogens with one attached hydrogen (secondary N) is 1. The number of likely N-dealkylation sites (tertiary alicyclic amines) is 1. The van der Waals surface area contributed by atoms with Crippen LogP contribution >= 0.6 is 11.3 Å². The van der Waals surface area contributed by atoms with Crippen molar-refractivity contribution >= 4 is 23.1 Å². The van der Waals surface area contributed by atoms with Crippen molar-refractivity contribution in [3.63, 3.8) is 0 Å². The highest BCUT2D eigenvalue weighted by atomic mass is 32.1. The Balaban J connectivity index is 1.68. The Morgan fingerprint density at radius 2 is 2.36 bits per heavy atom. The van der Waals surface area contributed by atoms with Crippen LogP contribution in [0.1, 0.15) is 6.42 Å². The van der Waals surface area contributed by atoms with Gasteiger partial charge in [-0.15, -0.1) is 11.3 Å². The smallest absolute Gasteiger partial charge is 0.321 e. The minimum Gasteiger partial charge on any atom is -0.323 e. The fourth-order valence-electron chi connectivity index (χ4n) is 2.72. The molecule has 0 saturated carbocycles. The van der Waals surface area contributed by atoms with Gasteiger partial charge in [0.2, 0.25) is 0 Å². The summed E-state index contributed by atoms with van der Waals surface area (Å²) in [6.07, 6.45) is 1.03. The molecule has 2 aromatic rings. The van der Waals surface area contributed by atoms with E-state index in [0.29, 0.717) is 0 Å². The molecule has 1 N–H and O–H groups in total. The molecular formula is C16H20N4OS. The van der Waals surface area contributed by atoms with E-state index in [1.165, 1.54) is 0 Å². The van der Waals surface area contributed by atoms with Crippen LogP contribution in [0.2, 0.25) is 0 Å². The Morgan fingerprint density at radius 3 is 3.05 bits per heavy atom. The number of hydrogen-bond donors (Lipinski definition) is 1. The molecule has 1 aliphatic heterocycles. The van der Waals surface area contributed by atoms with Crippen LogP contribution in [0.15, 0.2) is 35.2 Å². The number of anilines is 1. The summed E-state index contributed by atoms with van der Waals surface area (Å²) in [6.45, 7) is 1.98. The molecule has 1 saturated heterocycles. The van der Waals surface area contributed by atoms with Gasteiger partial charge >= 0.3 is 6.03 Å². The number of carbonyl (C=O) groups is 1. The van der Waals surface area contributed by atoms with Gasteiger partial charge in [0.15, 0.2) is 0 Å². The molecule has 6 heteroatoms. The summed E-state index contributed by atoms with van der Waals surface area (Å²) in [4.78, 5) is 20.7. The standard InChI is InChI=1S/C16H20N4OS/c1-19-7-6-14(9-19)20(2)16(21)18-13-5-3-4-12(8-13)15-10-22-11-17-15/h3-5,8,10-11,14H,6-7,9H2,1-2H3,(H,18,21). The van der Waals surface area contributed by atoms with E-state index >= 15 is 0 Å². The van der Waals surface area contributed by atoms with Crippen LogP contribution in [0.4, 0.5) is 10.5 Å². The van der Waals surface area contributed by atoms with Crippen molar-refractivity contribution in [3.8, 4) is 11.3 Å². The van der Waals surface area contributed by atoms with Gasteiger partial charge in [-0.1, -0.05) is 12.1 Å². The molecule has 116 valence electrons. The Hall–Kier alpha value is -1.92. The lowest BCUT2D eigenvalue weighted by atomic mass is 10.1. The quantitative estimate of drug-likeness (QED) is 0.947. The maximum absolute atomic E-state index is 12.4. The Morgan fingerprint density at radius 1 is 1.50 bits per heavy atom. The average Bonchev–Trinajstić information content (AvgIpc) is 3.18. The van der Waals surface area contributed by atoms with Crippen LogP contribution < -0.4 is 5.32 Å². The fraction of sp³-hybridized carbons (Fsp3) is 0.375. The van der Waals surface area contributed by atoms with E-state index in [1.807, 2.05) is 42.2 Å². The first kappa shape index (κ1) is 15.0. The molecule has 0 spiro atoms. The highest BCUT2D eigenvalue weighted by molar-refractivity contribution is 7.07. The molecule has 0 bridgehead atoms. The van der Waals surface area contributed by atoms with Crippen LogP contribution in [0.3, 0.4) is 0 Å². The van der Waals surface area contributed by atoms with E-state index in [2.05, 4.69) is 22.2 Å². The highest BCUT2D eigenvalue weighted by Crippen LogP contribution is 2.23. The van der Waals surface area contributed by atoms with E-state index < -0.39 is 0 Å². The molecule has 1 atom stereocenters. The fourth-order valence-corrected chi connectivity index (χ4v) is 3.28. The van der Waals surface area contributed by atoms with Crippen molar-refractivity contribution < 1.29 is 4.79 Å². The average molecular weight is 316 g/mol. The van der Waals surface area contributed by atoms with E-state index in [-0.39, 0.29) is 12.1 Å². The molecule has 1 aromatic carbocycles. The van der Waals surface area contributed by atoms with Gasteiger partial charge in [0, 0.05) is 36.3 Å². The normalized spacial score (nSPS) is 18.4. The van der Waals surface area contributed by atoms with Crippen molar-refractivity contribution in [3.05, 3.63) is 35.2 Å². The van der Waals surface area contributed by atoms with Gasteiger partial charge < -0.3 is 15.1 Å². The number of thiazole rings is 1. The molecule has 1 unspecified atom stereocenters. The zero-order valence-electron chi connectivity index (χ0n) is 12.8. The number of benzene rings is 1. The summed E-state index contributed by atoms with van der Waals surface area (Å²) < 4.78 is 0. The molecule has 0 aliphatic carbocycles. The minimum atomic E-state index is -0.0595. The van der Waals surface area contributed by atoms with Crippen molar-refractivity contribution in [1.29, 1.82) is 0 Å². The third-order valence-corrected chi connectivity index (χ3v) is 4.66. The summed E-state index contributed by atoms with van der Waals surface area (Å²) in [5.41, 5.74) is 4.56. The maximum atomic E-state index is 12.4. The summed E-state index contributed by atoms with van der Waals surface area (Å²) >= 11 is 1.56. The number of carbonyl (C=O) groups excluding carboxylic acids is 1. The maximum Gasteiger partial charge on any atom is 0.321 e. The van der Waals surface area contributed by atoms with Gasteiger partial charge in [0.1, 0.15) is 0 Å². The summed E-state index contributed by atoms with van der Waals surface area (Å²) in [5, 5.41) is 4.98. The predicted octanol–water partition coefficient (Wildman–Crippen LogP) is 2.98. The SMILES string of the molecule is CN1CCC(N(C)C(=O)Nc2cccc(-c3cscn3)c2)C1. The van der Waals surface area contributed by atoms with Crippen LogP contribution in [0, 0.1) is 0 Å². The third-order valence-electron chi connectivity index (χ3n) is 4.08. The van der Waals surface area contributed by atoms with Gasteiger partial charge in [-0.25, -0.2) is 9.78 Å². The summed E-state index contributed by atoms with van der Waals surface area (Å²) in [5.74, 6) is 0. The molecule has 22 heavy (non-hydrogen) atoms. The summed E-state index contributed by atoms with van der Waals surface area (Å²) in [6, 6.07) is 8.03. The first-order chi connectivity index (χ1) is 10.6. The van der Waals surface area contributed by atoms with E-state index in [9.17, 15) is 4.79 Å². The van der Waals surface area contributed by atoms with Crippen LogP contribution in [0.25, 0.3) is 11.3 Å². The molecule has 5 nitrogen and oxygen atoms in total. The first-order valence-corrected chi connectivity index (χ1v) is 8.29. The second-order valence-electron chi connectivity index (χ2n) is 5.70. The monoisotopic (exact) mass is 316 g/mol. The minimum absolute atomic E-state index is 0.0595. The Bertz CT molecular complexity index is 643. The molecule has 1 fully saturated rings. The van der Waals surface area contributed by atoms with Gasteiger partial charge in [-0.3, -0.25) is 0 Å². The van der Waals surface area contributed by atoms with Crippen LogP contribution in [0.5, 0.6) is 0 Å². The van der Waals surface area contributed by atoms with E-state index in [4.69, 9.17) is 0 Å². The highest BCUT2D eigenvalue weighted by Gasteiger charge is 2.26. The van der Waals surface area contributed by atoms with Gasteiger partial charge in [0.25, 0.3) is 0 Å². The van der Waals surface area contributed by atoms with E-state index in [1.54, 1.807) is 16.2 Å². The topological polar surface area (TPSA) is 48.5 Å². The lowest BCUT2D eigenvalue weighted by molar-refractivity contribution is 0.204. The molecular weight excluding hydrogens is 296 g/mol. The summed E-state index contributed by atoms with van der Waals surface area (Å²) in [7, 11) is 3.95. The van der Waals surface area contributed by atoms with Crippen molar-refractivity contribution in [2.45, 2.75) is 12.5 Å². The van der Waals surface area contributed by atoms with Gasteiger partial charge in [-0.05, 0) is 32.1 Å². The number of urea groups is 1. The van der Waals surface area contributed by atoms with Crippen LogP contribution in [-0.4, -0.2) is 54.0 Å². The second kappa shape index (κ2) is 6.46. The number of aromatic nitrogens is 1. The van der Waals surface area contributed by atoms with Gasteiger partial charge in [0.05, 0.1) is 11.2 Å². The van der Waals surface area contributed by atoms with Crippen LogP contribution in [-0.2, 0) is 0 Å². The molecule has 2 amide bonds. The Labute approximate surface area is 134 Å². The van der Waals surface area contributed by atoms with Crippen molar-refractivity contribution in [2.75, 3.05) is 32.5 Å². The molecule has 3 rings (SSSR count). The predicted molar refractivity (Wildman–Crippen MR) is 90.2 cm³/mol. The number of likely N-dealkylation sites (N-methyl/N-ethyl adjacent to an activating group) is 2. The third kappa shape index (κ3) is 3.28. The Kier molecular flexibility index (Phi) is 4.40. The molecule has 0 radical (unpaired) electrons. The number of nitrogens with zero attached hydrogens (tertiary/aromatic N) is 3.